The zero-order valence-electron chi connectivity index (χ0n) is 13.2. The van der Waals surface area contributed by atoms with Crippen LogP contribution in [0, 0.1) is 0 Å². The van der Waals surface area contributed by atoms with Gasteiger partial charge in [0.25, 0.3) is 5.56 Å². The first kappa shape index (κ1) is 14.7. The van der Waals surface area contributed by atoms with Gasteiger partial charge in [0.2, 0.25) is 0 Å². The molecule has 24 heavy (non-hydrogen) atoms. The van der Waals surface area contributed by atoms with Gasteiger partial charge < -0.3 is 4.90 Å². The highest BCUT2D eigenvalue weighted by molar-refractivity contribution is 7.25. The van der Waals surface area contributed by atoms with E-state index >= 15 is 0 Å². The monoisotopic (exact) mass is 338 g/mol. The van der Waals surface area contributed by atoms with Gasteiger partial charge in [-0.2, -0.15) is 0 Å². The van der Waals surface area contributed by atoms with Crippen LogP contribution < -0.4 is 10.5 Å². The van der Waals surface area contributed by atoms with Crippen LogP contribution in [0.15, 0.2) is 40.8 Å². The summed E-state index contributed by atoms with van der Waals surface area (Å²) in [5, 5.41) is 0.819. The van der Waals surface area contributed by atoms with Gasteiger partial charge in [0, 0.05) is 38.6 Å². The summed E-state index contributed by atoms with van der Waals surface area (Å²) >= 11 is 1.35. The van der Waals surface area contributed by atoms with Crippen LogP contribution in [0.1, 0.15) is 6.42 Å². The molecule has 1 aliphatic heterocycles. The van der Waals surface area contributed by atoms with Crippen LogP contribution >= 0.6 is 11.3 Å². The van der Waals surface area contributed by atoms with Crippen LogP contribution in [0.25, 0.3) is 26.1 Å². The molecule has 0 amide bonds. The van der Waals surface area contributed by atoms with Gasteiger partial charge in [0.05, 0.1) is 5.39 Å². The van der Waals surface area contributed by atoms with Gasteiger partial charge in [-0.25, -0.2) is 15.0 Å². The molecule has 0 aromatic carbocycles. The summed E-state index contributed by atoms with van der Waals surface area (Å²) in [6, 6.07) is 0. The lowest BCUT2D eigenvalue weighted by Gasteiger charge is -2.11. The average Bonchev–Trinajstić information content (AvgIpc) is 2.76. The molecule has 3 aromatic heterocycles. The second-order valence-corrected chi connectivity index (χ2v) is 6.52. The first-order chi connectivity index (χ1) is 11.7. The highest BCUT2D eigenvalue weighted by atomic mass is 32.1. The van der Waals surface area contributed by atoms with Crippen molar-refractivity contribution in [3.8, 4) is 0 Å². The fraction of sp³-hybridized carbons (Fsp3) is 0.188. The van der Waals surface area contributed by atoms with Gasteiger partial charge in [-0.1, -0.05) is 6.08 Å². The summed E-state index contributed by atoms with van der Waals surface area (Å²) in [4.78, 5) is 32.9. The third kappa shape index (κ3) is 2.23. The molecule has 1 aliphatic rings. The van der Waals surface area contributed by atoms with Crippen molar-refractivity contribution in [2.24, 2.45) is 4.99 Å². The minimum Gasteiger partial charge on any atom is -0.362 e. The number of aliphatic imine (C=N–C) groups is 1. The molecular formula is C16H14N6OS. The summed E-state index contributed by atoms with van der Waals surface area (Å²) in [5.41, 5.74) is 1.33. The Labute approximate surface area is 141 Å². The average molecular weight is 338 g/mol. The lowest BCUT2D eigenvalue weighted by atomic mass is 10.3. The molecule has 3 aromatic rings. The van der Waals surface area contributed by atoms with Crippen molar-refractivity contribution in [1.82, 2.24) is 19.5 Å². The van der Waals surface area contributed by atoms with Gasteiger partial charge >= 0.3 is 0 Å². The molecule has 0 spiro atoms. The maximum Gasteiger partial charge on any atom is 0.275 e. The summed E-state index contributed by atoms with van der Waals surface area (Å²) in [6.07, 6.45) is 10.9. The van der Waals surface area contributed by atoms with E-state index in [1.54, 1.807) is 23.3 Å². The number of hydrogen-bond acceptors (Lipinski definition) is 7. The second-order valence-electron chi connectivity index (χ2n) is 5.52. The van der Waals surface area contributed by atoms with Crippen molar-refractivity contribution in [2.75, 3.05) is 19.0 Å². The van der Waals surface area contributed by atoms with Crippen LogP contribution in [-0.4, -0.2) is 39.8 Å². The maximum absolute atomic E-state index is 12.9. The first-order valence-corrected chi connectivity index (χ1v) is 8.18. The van der Waals surface area contributed by atoms with Gasteiger partial charge in [-0.05, 0) is 6.08 Å². The highest BCUT2D eigenvalue weighted by Gasteiger charge is 2.18. The molecule has 120 valence electrons. The van der Waals surface area contributed by atoms with Crippen molar-refractivity contribution >= 4 is 49.5 Å². The molecule has 0 aliphatic carbocycles. The molecule has 0 fully saturated rings. The molecule has 7 nitrogen and oxygen atoms in total. The number of hydrogen-bond donors (Lipinski definition) is 0. The number of aromatic nitrogens is 4. The summed E-state index contributed by atoms with van der Waals surface area (Å²) < 4.78 is 2.13. The zero-order valence-corrected chi connectivity index (χ0v) is 14.0. The molecule has 0 bridgehead atoms. The van der Waals surface area contributed by atoms with Crippen LogP contribution in [0.3, 0.4) is 0 Å². The number of fused-ring (bicyclic) bond motifs is 3. The van der Waals surface area contributed by atoms with Crippen molar-refractivity contribution in [1.29, 1.82) is 0 Å². The SMILES string of the molecule is CN(C)c1ncnc2sc3c(=O)n(C4=CN=CC=CC4)cnc3c12. The van der Waals surface area contributed by atoms with Crippen LogP contribution in [0.2, 0.25) is 0 Å². The fourth-order valence-corrected chi connectivity index (χ4v) is 3.65. The smallest absolute Gasteiger partial charge is 0.275 e. The maximum atomic E-state index is 12.9. The van der Waals surface area contributed by atoms with Crippen molar-refractivity contribution in [3.05, 3.63) is 41.4 Å². The molecule has 4 heterocycles. The van der Waals surface area contributed by atoms with Crippen LogP contribution in [0.4, 0.5) is 5.82 Å². The predicted octanol–water partition coefficient (Wildman–Crippen LogP) is 2.30. The molecule has 0 saturated heterocycles. The van der Waals surface area contributed by atoms with E-state index in [0.29, 0.717) is 16.6 Å². The van der Waals surface area contributed by atoms with Gasteiger partial charge in [0.15, 0.2) is 0 Å². The second kappa shape index (κ2) is 5.64. The van der Waals surface area contributed by atoms with E-state index in [1.165, 1.54) is 17.7 Å². The quantitative estimate of drug-likeness (QED) is 0.716. The molecular weight excluding hydrogens is 324 g/mol. The molecule has 0 unspecified atom stereocenters. The highest BCUT2D eigenvalue weighted by Crippen LogP contribution is 2.33. The Morgan fingerprint density at radius 1 is 1.25 bits per heavy atom. The number of nitrogens with zero attached hydrogens (tertiary/aromatic N) is 6. The van der Waals surface area contributed by atoms with E-state index in [-0.39, 0.29) is 5.56 Å². The number of thiophene rings is 1. The van der Waals surface area contributed by atoms with E-state index < -0.39 is 0 Å². The Hall–Kier alpha value is -2.87. The summed E-state index contributed by atoms with van der Waals surface area (Å²) in [7, 11) is 3.82. The van der Waals surface area contributed by atoms with E-state index in [4.69, 9.17) is 0 Å². The lowest BCUT2D eigenvalue weighted by Crippen LogP contribution is -2.19. The van der Waals surface area contributed by atoms with Crippen LogP contribution in [0.5, 0.6) is 0 Å². The van der Waals surface area contributed by atoms with Crippen molar-refractivity contribution in [3.63, 3.8) is 0 Å². The van der Waals surface area contributed by atoms with Gasteiger partial charge in [-0.15, -0.1) is 11.3 Å². The summed E-state index contributed by atoms with van der Waals surface area (Å²) in [5.74, 6) is 0.761. The topological polar surface area (TPSA) is 76.3 Å². The minimum absolute atomic E-state index is 0.107. The van der Waals surface area contributed by atoms with E-state index in [0.717, 1.165) is 21.7 Å². The summed E-state index contributed by atoms with van der Waals surface area (Å²) in [6.45, 7) is 0. The molecule has 0 radical (unpaired) electrons. The third-order valence-corrected chi connectivity index (χ3v) is 4.83. The molecule has 0 N–H and O–H groups in total. The van der Waals surface area contributed by atoms with Gasteiger partial charge in [-0.3, -0.25) is 14.4 Å². The predicted molar refractivity (Wildman–Crippen MR) is 97.8 cm³/mol. The number of rotatable bonds is 2. The number of anilines is 1. The molecule has 0 saturated carbocycles. The molecule has 4 rings (SSSR count). The Balaban J connectivity index is 2.01. The van der Waals surface area contributed by atoms with Crippen LogP contribution in [-0.2, 0) is 0 Å². The standard InChI is InChI=1S/C16H14N6OS/c1-21(2)14-11-12-13(24-15(11)19-8-18-14)16(23)22(9-20-12)10-5-3-4-6-17-7-10/h3-4,6-9H,5H2,1-2H3. The van der Waals surface area contributed by atoms with E-state index in [9.17, 15) is 4.79 Å². The van der Waals surface area contributed by atoms with Crippen molar-refractivity contribution in [2.45, 2.75) is 6.42 Å². The fourth-order valence-electron chi connectivity index (χ4n) is 2.63. The normalized spacial score (nSPS) is 14.2. The van der Waals surface area contributed by atoms with Crippen molar-refractivity contribution < 1.29 is 0 Å². The Morgan fingerprint density at radius 3 is 2.96 bits per heavy atom. The molecule has 0 atom stereocenters. The third-order valence-electron chi connectivity index (χ3n) is 3.75. The zero-order chi connectivity index (χ0) is 16.7. The lowest BCUT2D eigenvalue weighted by molar-refractivity contribution is 0.957. The number of allylic oxidation sites excluding steroid dienone is 3. The Morgan fingerprint density at radius 2 is 2.12 bits per heavy atom. The molecule has 8 heteroatoms. The first-order valence-electron chi connectivity index (χ1n) is 7.36. The Kier molecular flexibility index (Phi) is 3.46. The van der Waals surface area contributed by atoms with E-state index in [1.807, 2.05) is 31.1 Å². The largest absolute Gasteiger partial charge is 0.362 e. The van der Waals surface area contributed by atoms with E-state index in [2.05, 4.69) is 19.9 Å². The Bertz CT molecular complexity index is 1090. The minimum atomic E-state index is -0.107. The van der Waals surface area contributed by atoms with Gasteiger partial charge in [0.1, 0.15) is 33.5 Å².